The van der Waals surface area contributed by atoms with Crippen molar-refractivity contribution in [1.29, 1.82) is 0 Å². The van der Waals surface area contributed by atoms with E-state index in [1.54, 1.807) is 0 Å². The molecular formula is C40H23N3S. The fraction of sp³-hybridized carbons (Fsp3) is 0. The number of rotatable bonds is 3. The smallest absolute Gasteiger partial charge is 0.165 e. The Hall–Kier alpha value is -5.58. The molecule has 0 spiro atoms. The molecule has 10 rings (SSSR count). The topological polar surface area (TPSA) is 30.7 Å². The van der Waals surface area contributed by atoms with Gasteiger partial charge < -0.3 is 0 Å². The first-order valence-electron chi connectivity index (χ1n) is 14.8. The molecule has 4 heteroatoms. The Bertz CT molecular complexity index is 2610. The summed E-state index contributed by atoms with van der Waals surface area (Å²) in [6, 6.07) is 49.7. The standard InChI is InChI=1S/C40H23N3S/c1-2-10-24(11-3-1)27-14-4-5-15-28(27)39-40(42-30-17-7-6-16-29(30)41-39)43-31-22-20-25-12-8-18-33-35(25)37(31)38-32(43)23-21-26-13-9-19-34(44-33)36(26)38/h1-23H. The Kier molecular flexibility index (Phi) is 4.87. The average molecular weight is 578 g/mol. The van der Waals surface area contributed by atoms with Crippen molar-refractivity contribution in [2.75, 3.05) is 0 Å². The number of nitrogens with zero attached hydrogens (tertiary/aromatic N) is 3. The highest BCUT2D eigenvalue weighted by Gasteiger charge is 2.24. The summed E-state index contributed by atoms with van der Waals surface area (Å²) in [4.78, 5) is 10.8. The fourth-order valence-electron chi connectivity index (χ4n) is 7.08. The maximum absolute atomic E-state index is 5.42. The van der Waals surface area contributed by atoms with E-state index in [4.69, 9.17) is 9.97 Å². The molecule has 0 aliphatic rings. The van der Waals surface area contributed by atoms with Crippen LogP contribution in [0.5, 0.6) is 0 Å². The summed E-state index contributed by atoms with van der Waals surface area (Å²) >= 11 is 1.88. The third-order valence-corrected chi connectivity index (χ3v) is 10.1. The van der Waals surface area contributed by atoms with E-state index in [0.717, 1.165) is 50.3 Å². The van der Waals surface area contributed by atoms with Crippen LogP contribution in [0.3, 0.4) is 0 Å². The van der Waals surface area contributed by atoms with E-state index in [1.165, 1.54) is 41.7 Å². The van der Waals surface area contributed by atoms with Gasteiger partial charge in [0.1, 0.15) is 5.69 Å². The normalized spacial score (nSPS) is 12.1. The van der Waals surface area contributed by atoms with E-state index in [1.807, 2.05) is 23.5 Å². The van der Waals surface area contributed by atoms with Crippen molar-refractivity contribution >= 4 is 75.1 Å². The highest BCUT2D eigenvalue weighted by atomic mass is 32.1. The van der Waals surface area contributed by atoms with Gasteiger partial charge in [0.25, 0.3) is 0 Å². The first-order valence-corrected chi connectivity index (χ1v) is 15.7. The zero-order valence-corrected chi connectivity index (χ0v) is 24.3. The molecule has 204 valence electrons. The molecule has 0 fully saturated rings. The Morgan fingerprint density at radius 2 is 1.00 bits per heavy atom. The Morgan fingerprint density at radius 3 is 1.66 bits per heavy atom. The van der Waals surface area contributed by atoms with E-state index in [9.17, 15) is 0 Å². The highest BCUT2D eigenvalue weighted by molar-refractivity contribution is 7.24. The maximum atomic E-state index is 5.42. The Morgan fingerprint density at radius 1 is 0.432 bits per heavy atom. The molecule has 3 aromatic heterocycles. The van der Waals surface area contributed by atoms with E-state index in [0.29, 0.717) is 0 Å². The second-order valence-electron chi connectivity index (χ2n) is 11.4. The lowest BCUT2D eigenvalue weighted by Crippen LogP contribution is -2.04. The van der Waals surface area contributed by atoms with Crippen LogP contribution in [0.1, 0.15) is 0 Å². The predicted octanol–water partition coefficient (Wildman–Crippen LogP) is 11.0. The van der Waals surface area contributed by atoms with Gasteiger partial charge in [0.15, 0.2) is 5.82 Å². The van der Waals surface area contributed by atoms with Crippen molar-refractivity contribution in [3.05, 3.63) is 140 Å². The van der Waals surface area contributed by atoms with Crippen molar-refractivity contribution in [3.8, 4) is 28.2 Å². The van der Waals surface area contributed by atoms with E-state index < -0.39 is 0 Å². The summed E-state index contributed by atoms with van der Waals surface area (Å²) in [5.41, 5.74) is 8.28. The van der Waals surface area contributed by atoms with Crippen LogP contribution in [0, 0.1) is 0 Å². The van der Waals surface area contributed by atoms with E-state index in [-0.39, 0.29) is 0 Å². The van der Waals surface area contributed by atoms with Gasteiger partial charge in [0, 0.05) is 36.5 Å². The van der Waals surface area contributed by atoms with Crippen molar-refractivity contribution in [2.24, 2.45) is 0 Å². The van der Waals surface area contributed by atoms with Gasteiger partial charge in [-0.1, -0.05) is 103 Å². The lowest BCUT2D eigenvalue weighted by atomic mass is 9.97. The quantitative estimate of drug-likeness (QED) is 0.209. The number of hydrogen-bond donors (Lipinski definition) is 0. The van der Waals surface area contributed by atoms with Crippen LogP contribution in [0.2, 0.25) is 0 Å². The van der Waals surface area contributed by atoms with Gasteiger partial charge in [0.2, 0.25) is 0 Å². The number of benzene rings is 7. The minimum Gasteiger partial charge on any atom is -0.292 e. The zero-order valence-electron chi connectivity index (χ0n) is 23.5. The van der Waals surface area contributed by atoms with Crippen LogP contribution in [0.25, 0.3) is 92.0 Å². The first-order chi connectivity index (χ1) is 21.8. The zero-order chi connectivity index (χ0) is 28.8. The van der Waals surface area contributed by atoms with Crippen molar-refractivity contribution < 1.29 is 0 Å². The van der Waals surface area contributed by atoms with Gasteiger partial charge in [-0.15, -0.1) is 11.3 Å². The third-order valence-electron chi connectivity index (χ3n) is 8.95. The third kappa shape index (κ3) is 3.26. The molecule has 7 aromatic carbocycles. The van der Waals surface area contributed by atoms with Crippen molar-refractivity contribution in [3.63, 3.8) is 0 Å². The summed E-state index contributed by atoms with van der Waals surface area (Å²) in [6.45, 7) is 0. The van der Waals surface area contributed by atoms with E-state index >= 15 is 0 Å². The summed E-state index contributed by atoms with van der Waals surface area (Å²) in [6.07, 6.45) is 0. The van der Waals surface area contributed by atoms with Gasteiger partial charge in [-0.05, 0) is 58.3 Å². The van der Waals surface area contributed by atoms with E-state index in [2.05, 4.69) is 132 Å². The Labute approximate surface area is 256 Å². The fourth-order valence-corrected chi connectivity index (χ4v) is 8.26. The molecule has 0 atom stereocenters. The summed E-state index contributed by atoms with van der Waals surface area (Å²) < 4.78 is 4.94. The molecule has 0 bridgehead atoms. The molecule has 0 aliphatic heterocycles. The molecule has 3 nitrogen and oxygen atoms in total. The van der Waals surface area contributed by atoms with Crippen molar-refractivity contribution in [2.45, 2.75) is 0 Å². The number of hydrogen-bond acceptors (Lipinski definition) is 3. The van der Waals surface area contributed by atoms with Crippen LogP contribution < -0.4 is 0 Å². The van der Waals surface area contributed by atoms with Crippen LogP contribution in [0.15, 0.2) is 140 Å². The van der Waals surface area contributed by atoms with Crippen LogP contribution >= 0.6 is 11.3 Å². The SMILES string of the molecule is c1ccc(-c2ccccc2-c2nc3ccccc3nc2-n2c3ccc4cccc5sc6cccc7ccc2c(c76)c3c45)cc1. The molecule has 0 saturated carbocycles. The average Bonchev–Trinajstić information content (AvgIpc) is 3.34. The molecule has 0 unspecified atom stereocenters. The minimum atomic E-state index is 0.842. The van der Waals surface area contributed by atoms with Crippen LogP contribution in [-0.2, 0) is 0 Å². The predicted molar refractivity (Wildman–Crippen MR) is 186 cm³/mol. The molecule has 0 N–H and O–H groups in total. The summed E-state index contributed by atoms with van der Waals surface area (Å²) in [7, 11) is 0. The van der Waals surface area contributed by atoms with Gasteiger partial charge in [-0.3, -0.25) is 4.57 Å². The van der Waals surface area contributed by atoms with Gasteiger partial charge in [-0.25, -0.2) is 9.97 Å². The van der Waals surface area contributed by atoms with Crippen LogP contribution in [0.4, 0.5) is 0 Å². The number of fused-ring (bicyclic) bond motifs is 1. The molecule has 3 heterocycles. The lowest BCUT2D eigenvalue weighted by molar-refractivity contribution is 1.08. The van der Waals surface area contributed by atoms with Gasteiger partial charge >= 0.3 is 0 Å². The largest absolute Gasteiger partial charge is 0.292 e. The number of aromatic nitrogens is 3. The molecule has 0 radical (unpaired) electrons. The summed E-state index contributed by atoms with van der Waals surface area (Å²) in [5.74, 6) is 0.842. The van der Waals surface area contributed by atoms with Gasteiger partial charge in [-0.2, -0.15) is 0 Å². The van der Waals surface area contributed by atoms with Gasteiger partial charge in [0.05, 0.1) is 22.1 Å². The molecule has 0 amide bonds. The highest BCUT2D eigenvalue weighted by Crippen LogP contribution is 2.47. The van der Waals surface area contributed by atoms with Crippen LogP contribution in [-0.4, -0.2) is 14.5 Å². The Balaban J connectivity index is 1.43. The number of para-hydroxylation sites is 2. The molecule has 0 aliphatic carbocycles. The second-order valence-corrected chi connectivity index (χ2v) is 12.4. The summed E-state index contributed by atoms with van der Waals surface area (Å²) in [5, 5.41) is 7.70. The van der Waals surface area contributed by atoms with Crippen molar-refractivity contribution in [1.82, 2.24) is 14.5 Å². The monoisotopic (exact) mass is 577 g/mol. The molecule has 44 heavy (non-hydrogen) atoms. The second kappa shape index (κ2) is 8.96. The first kappa shape index (κ1) is 23.9. The molecule has 10 aromatic rings. The maximum Gasteiger partial charge on any atom is 0.165 e. The minimum absolute atomic E-state index is 0.842. The molecule has 0 saturated heterocycles. The molecular weight excluding hydrogens is 555 g/mol. The lowest BCUT2D eigenvalue weighted by Gasteiger charge is -2.16.